The Morgan fingerprint density at radius 2 is 2.10 bits per heavy atom. The number of halogens is 1. The Labute approximate surface area is 125 Å². The third-order valence-electron chi connectivity index (χ3n) is 3.61. The molecule has 0 unspecified atom stereocenters. The SMILES string of the molecule is COc1ccc(Br)cc1-c1nc2c(c(=O)[nH]1)CCCC2. The van der Waals surface area contributed by atoms with Gasteiger partial charge < -0.3 is 9.72 Å². The van der Waals surface area contributed by atoms with Gasteiger partial charge >= 0.3 is 0 Å². The highest BCUT2D eigenvalue weighted by atomic mass is 79.9. The van der Waals surface area contributed by atoms with Crippen LogP contribution in [0.25, 0.3) is 11.4 Å². The van der Waals surface area contributed by atoms with E-state index in [1.54, 1.807) is 7.11 Å². The molecule has 3 rings (SSSR count). The lowest BCUT2D eigenvalue weighted by molar-refractivity contribution is 0.416. The Morgan fingerprint density at radius 3 is 2.90 bits per heavy atom. The highest BCUT2D eigenvalue weighted by Gasteiger charge is 2.17. The Bertz CT molecular complexity index is 710. The van der Waals surface area contributed by atoms with Crippen LogP contribution in [0.5, 0.6) is 5.75 Å². The first-order chi connectivity index (χ1) is 9.69. The number of nitrogens with one attached hydrogen (secondary N) is 1. The van der Waals surface area contributed by atoms with Crippen molar-refractivity contribution in [2.24, 2.45) is 0 Å². The van der Waals surface area contributed by atoms with Crippen LogP contribution in [-0.2, 0) is 12.8 Å². The number of hydrogen-bond donors (Lipinski definition) is 1. The molecule has 1 aromatic carbocycles. The molecule has 20 heavy (non-hydrogen) atoms. The number of methoxy groups -OCH3 is 1. The lowest BCUT2D eigenvalue weighted by Gasteiger charge is -2.15. The van der Waals surface area contributed by atoms with Crippen molar-refractivity contribution in [2.45, 2.75) is 25.7 Å². The molecule has 0 fully saturated rings. The average molecular weight is 335 g/mol. The van der Waals surface area contributed by atoms with Crippen molar-refractivity contribution in [3.63, 3.8) is 0 Å². The van der Waals surface area contributed by atoms with Gasteiger partial charge in [-0.15, -0.1) is 0 Å². The predicted molar refractivity (Wildman–Crippen MR) is 81.2 cm³/mol. The molecule has 0 spiro atoms. The highest BCUT2D eigenvalue weighted by Crippen LogP contribution is 2.30. The van der Waals surface area contributed by atoms with Crippen LogP contribution in [0.3, 0.4) is 0 Å². The molecule has 5 heteroatoms. The minimum Gasteiger partial charge on any atom is -0.496 e. The van der Waals surface area contributed by atoms with E-state index < -0.39 is 0 Å². The molecule has 1 heterocycles. The molecule has 1 aromatic heterocycles. The number of H-pyrrole nitrogens is 1. The normalized spacial score (nSPS) is 13.9. The molecule has 0 amide bonds. The molecule has 0 saturated heterocycles. The summed E-state index contributed by atoms with van der Waals surface area (Å²) in [5.74, 6) is 1.28. The zero-order chi connectivity index (χ0) is 14.1. The topological polar surface area (TPSA) is 55.0 Å². The first-order valence-corrected chi connectivity index (χ1v) is 7.44. The van der Waals surface area contributed by atoms with Gasteiger partial charge in [-0.3, -0.25) is 4.79 Å². The van der Waals surface area contributed by atoms with Crippen LogP contribution < -0.4 is 10.3 Å². The molecular formula is C15H15BrN2O2. The van der Waals surface area contributed by atoms with Crippen LogP contribution in [-0.4, -0.2) is 17.1 Å². The summed E-state index contributed by atoms with van der Waals surface area (Å²) in [6.45, 7) is 0. The minimum absolute atomic E-state index is 0.0215. The smallest absolute Gasteiger partial charge is 0.254 e. The van der Waals surface area contributed by atoms with Crippen LogP contribution in [0.2, 0.25) is 0 Å². The van der Waals surface area contributed by atoms with Crippen molar-refractivity contribution in [2.75, 3.05) is 7.11 Å². The fourth-order valence-corrected chi connectivity index (χ4v) is 2.96. The van der Waals surface area contributed by atoms with Crippen molar-refractivity contribution >= 4 is 15.9 Å². The second-order valence-corrected chi connectivity index (χ2v) is 5.81. The van der Waals surface area contributed by atoms with Crippen LogP contribution in [0, 0.1) is 0 Å². The second kappa shape index (κ2) is 5.40. The second-order valence-electron chi connectivity index (χ2n) is 4.89. The molecule has 0 radical (unpaired) electrons. The number of nitrogens with zero attached hydrogens (tertiary/aromatic N) is 1. The lowest BCUT2D eigenvalue weighted by atomic mass is 9.97. The van der Waals surface area contributed by atoms with Crippen molar-refractivity contribution in [1.82, 2.24) is 9.97 Å². The predicted octanol–water partition coefficient (Wildman–Crippen LogP) is 3.09. The van der Waals surface area contributed by atoms with E-state index in [1.807, 2.05) is 18.2 Å². The number of aromatic nitrogens is 2. The zero-order valence-electron chi connectivity index (χ0n) is 11.2. The average Bonchev–Trinajstić information content (AvgIpc) is 2.47. The van der Waals surface area contributed by atoms with E-state index in [9.17, 15) is 4.79 Å². The summed E-state index contributed by atoms with van der Waals surface area (Å²) >= 11 is 3.44. The molecule has 1 aliphatic rings. The van der Waals surface area contributed by atoms with E-state index in [-0.39, 0.29) is 5.56 Å². The van der Waals surface area contributed by atoms with Crippen molar-refractivity contribution < 1.29 is 4.74 Å². The van der Waals surface area contributed by atoms with Gasteiger partial charge in [0.25, 0.3) is 5.56 Å². The summed E-state index contributed by atoms with van der Waals surface area (Å²) in [6.07, 6.45) is 3.87. The molecule has 0 saturated carbocycles. The van der Waals surface area contributed by atoms with Crippen molar-refractivity contribution in [1.29, 1.82) is 0 Å². The maximum Gasteiger partial charge on any atom is 0.254 e. The summed E-state index contributed by atoms with van der Waals surface area (Å²) in [5, 5.41) is 0. The van der Waals surface area contributed by atoms with Gasteiger partial charge in [-0.2, -0.15) is 0 Å². The number of aryl methyl sites for hydroxylation is 1. The molecule has 1 aliphatic carbocycles. The molecular weight excluding hydrogens is 320 g/mol. The first kappa shape index (κ1) is 13.4. The molecule has 104 valence electrons. The molecule has 0 bridgehead atoms. The largest absolute Gasteiger partial charge is 0.496 e. The third kappa shape index (κ3) is 2.38. The minimum atomic E-state index is -0.0215. The number of rotatable bonds is 2. The van der Waals surface area contributed by atoms with E-state index in [0.717, 1.165) is 47.0 Å². The van der Waals surface area contributed by atoms with Crippen molar-refractivity contribution in [3.8, 4) is 17.1 Å². The zero-order valence-corrected chi connectivity index (χ0v) is 12.8. The number of aromatic amines is 1. The standard InChI is InChI=1S/C15H15BrN2O2/c1-20-13-7-6-9(16)8-11(13)14-17-12-5-3-2-4-10(12)15(19)18-14/h6-8H,2-5H2,1H3,(H,17,18,19). The van der Waals surface area contributed by atoms with E-state index in [2.05, 4.69) is 25.9 Å². The monoisotopic (exact) mass is 334 g/mol. The van der Waals surface area contributed by atoms with E-state index >= 15 is 0 Å². The third-order valence-corrected chi connectivity index (χ3v) is 4.10. The Kier molecular flexibility index (Phi) is 3.61. The van der Waals surface area contributed by atoms with Gasteiger partial charge in [-0.25, -0.2) is 4.98 Å². The summed E-state index contributed by atoms with van der Waals surface area (Å²) in [6, 6.07) is 5.67. The van der Waals surface area contributed by atoms with Gasteiger partial charge in [-0.1, -0.05) is 15.9 Å². The highest BCUT2D eigenvalue weighted by molar-refractivity contribution is 9.10. The quantitative estimate of drug-likeness (QED) is 0.918. The summed E-state index contributed by atoms with van der Waals surface area (Å²) < 4.78 is 6.28. The number of hydrogen-bond acceptors (Lipinski definition) is 3. The van der Waals surface area contributed by atoms with Gasteiger partial charge in [-0.05, 0) is 43.9 Å². The van der Waals surface area contributed by atoms with Gasteiger partial charge in [0.1, 0.15) is 11.6 Å². The first-order valence-electron chi connectivity index (χ1n) is 6.65. The van der Waals surface area contributed by atoms with Gasteiger partial charge in [0.15, 0.2) is 0 Å². The Hall–Kier alpha value is -1.62. The lowest BCUT2D eigenvalue weighted by Crippen LogP contribution is -2.21. The van der Waals surface area contributed by atoms with Gasteiger partial charge in [0, 0.05) is 10.0 Å². The summed E-state index contributed by atoms with van der Waals surface area (Å²) in [4.78, 5) is 19.7. The maximum atomic E-state index is 12.2. The van der Waals surface area contributed by atoms with Gasteiger partial charge in [0.2, 0.25) is 0 Å². The molecule has 2 aromatic rings. The molecule has 0 aliphatic heterocycles. The fourth-order valence-electron chi connectivity index (χ4n) is 2.60. The van der Waals surface area contributed by atoms with Crippen LogP contribution in [0.4, 0.5) is 0 Å². The molecule has 1 N–H and O–H groups in total. The Balaban J connectivity index is 2.18. The van der Waals surface area contributed by atoms with Crippen LogP contribution in [0.1, 0.15) is 24.1 Å². The van der Waals surface area contributed by atoms with Crippen LogP contribution in [0.15, 0.2) is 27.5 Å². The van der Waals surface area contributed by atoms with E-state index in [0.29, 0.717) is 11.6 Å². The maximum absolute atomic E-state index is 12.2. The van der Waals surface area contributed by atoms with Gasteiger partial charge in [0.05, 0.1) is 18.4 Å². The van der Waals surface area contributed by atoms with Crippen LogP contribution >= 0.6 is 15.9 Å². The molecule has 4 nitrogen and oxygen atoms in total. The van der Waals surface area contributed by atoms with Crippen molar-refractivity contribution in [3.05, 3.63) is 44.3 Å². The number of benzene rings is 1. The fraction of sp³-hybridized carbons (Fsp3) is 0.333. The molecule has 0 atom stereocenters. The van der Waals surface area contributed by atoms with E-state index in [4.69, 9.17) is 4.74 Å². The number of ether oxygens (including phenoxy) is 1. The van der Waals surface area contributed by atoms with E-state index in [1.165, 1.54) is 0 Å². The Morgan fingerprint density at radius 1 is 1.30 bits per heavy atom. The summed E-state index contributed by atoms with van der Waals surface area (Å²) in [5.41, 5.74) is 2.55. The summed E-state index contributed by atoms with van der Waals surface area (Å²) in [7, 11) is 1.61. The number of fused-ring (bicyclic) bond motifs is 1.